The van der Waals surface area contributed by atoms with Crippen LogP contribution in [0.2, 0.25) is 0 Å². The van der Waals surface area contributed by atoms with Crippen molar-refractivity contribution in [2.45, 2.75) is 78.2 Å². The number of aliphatic hydroxyl groups excluding tert-OH is 1. The summed E-state index contributed by atoms with van der Waals surface area (Å²) in [6.07, 6.45) is 11.1. The lowest BCUT2D eigenvalue weighted by atomic mass is 9.46. The quantitative estimate of drug-likeness (QED) is 0.772. The van der Waals surface area contributed by atoms with Gasteiger partial charge in [-0.05, 0) is 92.4 Å². The molecule has 0 aromatic rings. The lowest BCUT2D eigenvalue weighted by Gasteiger charge is -2.58. The molecule has 3 fully saturated rings. The van der Waals surface area contributed by atoms with Crippen LogP contribution >= 0.6 is 0 Å². The van der Waals surface area contributed by atoms with E-state index in [2.05, 4.69) is 13.8 Å². The Morgan fingerprint density at radius 3 is 2.61 bits per heavy atom. The van der Waals surface area contributed by atoms with Crippen LogP contribution in [0, 0.1) is 34.5 Å². The van der Waals surface area contributed by atoms with Crippen LogP contribution in [0.25, 0.3) is 0 Å². The van der Waals surface area contributed by atoms with Gasteiger partial charge in [-0.15, -0.1) is 0 Å². The van der Waals surface area contributed by atoms with Crippen LogP contribution in [0.4, 0.5) is 0 Å². The number of hydrogen-bond acceptors (Lipinski definition) is 2. The lowest BCUT2D eigenvalue weighted by Crippen LogP contribution is -2.51. The number of carbonyl (C=O) groups is 1. The van der Waals surface area contributed by atoms with Crippen molar-refractivity contribution in [2.24, 2.45) is 34.5 Å². The molecule has 0 aromatic carbocycles. The molecule has 0 spiro atoms. The van der Waals surface area contributed by atoms with E-state index in [0.717, 1.165) is 37.0 Å². The molecule has 0 radical (unpaired) electrons. The Hall–Kier alpha value is -0.630. The molecule has 0 bridgehead atoms. The van der Waals surface area contributed by atoms with Crippen molar-refractivity contribution >= 4 is 5.78 Å². The topological polar surface area (TPSA) is 37.3 Å². The first kappa shape index (κ1) is 15.9. The molecule has 0 aliphatic heterocycles. The van der Waals surface area contributed by atoms with E-state index in [0.29, 0.717) is 17.1 Å². The first-order valence-corrected chi connectivity index (χ1v) is 9.78. The third kappa shape index (κ3) is 2.13. The highest BCUT2D eigenvalue weighted by Crippen LogP contribution is 2.66. The minimum absolute atomic E-state index is 0.163. The largest absolute Gasteiger partial charge is 0.393 e. The van der Waals surface area contributed by atoms with Crippen molar-refractivity contribution in [1.29, 1.82) is 0 Å². The van der Waals surface area contributed by atoms with Crippen molar-refractivity contribution in [2.75, 3.05) is 0 Å². The van der Waals surface area contributed by atoms with Gasteiger partial charge in [0.15, 0.2) is 5.78 Å². The van der Waals surface area contributed by atoms with Gasteiger partial charge in [0.25, 0.3) is 0 Å². The minimum atomic E-state index is -0.163. The van der Waals surface area contributed by atoms with Gasteiger partial charge in [0.05, 0.1) is 6.10 Å². The van der Waals surface area contributed by atoms with Gasteiger partial charge < -0.3 is 5.11 Å². The van der Waals surface area contributed by atoms with Gasteiger partial charge in [0.2, 0.25) is 0 Å². The predicted octanol–water partition coefficient (Wildman–Crippen LogP) is 4.52. The van der Waals surface area contributed by atoms with E-state index in [4.69, 9.17) is 0 Å². The molecule has 0 amide bonds. The second kappa shape index (κ2) is 5.18. The van der Waals surface area contributed by atoms with E-state index < -0.39 is 0 Å². The Kier molecular flexibility index (Phi) is 3.58. The summed E-state index contributed by atoms with van der Waals surface area (Å²) in [7, 11) is 0. The zero-order chi connectivity index (χ0) is 16.4. The smallest absolute Gasteiger partial charge is 0.155 e. The molecular weight excluding hydrogens is 284 g/mol. The number of aliphatic hydroxyl groups is 1. The van der Waals surface area contributed by atoms with Crippen LogP contribution < -0.4 is 0 Å². The van der Waals surface area contributed by atoms with E-state index >= 15 is 0 Å². The van der Waals surface area contributed by atoms with Gasteiger partial charge >= 0.3 is 0 Å². The Labute approximate surface area is 140 Å². The number of fused-ring (bicyclic) bond motifs is 5. The standard InChI is InChI=1S/C21H32O2/c1-13(22)17-6-7-18-16-5-4-14-12-15(23)8-10-20(14,2)19(16)9-11-21(17,18)3/h12-13,16-19,22H,4-11H2,1-3H3/t13-,16?,17-,18?,19?,20+,21-/m1/s1. The van der Waals surface area contributed by atoms with Crippen LogP contribution in [-0.4, -0.2) is 17.0 Å². The molecule has 23 heavy (non-hydrogen) atoms. The fraction of sp³-hybridized carbons (Fsp3) is 0.857. The molecule has 4 aliphatic rings. The van der Waals surface area contributed by atoms with Gasteiger partial charge in [-0.2, -0.15) is 0 Å². The number of carbonyl (C=O) groups excluding carboxylic acids is 1. The normalized spacial score (nSPS) is 50.6. The van der Waals surface area contributed by atoms with Crippen molar-refractivity contribution in [3.05, 3.63) is 11.6 Å². The number of hydrogen-bond donors (Lipinski definition) is 1. The summed E-state index contributed by atoms with van der Waals surface area (Å²) < 4.78 is 0. The molecule has 2 nitrogen and oxygen atoms in total. The van der Waals surface area contributed by atoms with Crippen LogP contribution in [0.3, 0.4) is 0 Å². The lowest BCUT2D eigenvalue weighted by molar-refractivity contribution is -0.117. The Balaban J connectivity index is 1.66. The minimum Gasteiger partial charge on any atom is -0.393 e. The average molecular weight is 316 g/mol. The molecule has 0 saturated heterocycles. The summed E-state index contributed by atoms with van der Waals surface area (Å²) in [5.74, 6) is 3.21. The Morgan fingerprint density at radius 1 is 1.09 bits per heavy atom. The highest BCUT2D eigenvalue weighted by atomic mass is 16.3. The second-order valence-corrected chi connectivity index (χ2v) is 9.44. The van der Waals surface area contributed by atoms with E-state index in [1.807, 2.05) is 13.0 Å². The van der Waals surface area contributed by atoms with E-state index in [-0.39, 0.29) is 11.5 Å². The van der Waals surface area contributed by atoms with Gasteiger partial charge in [-0.3, -0.25) is 4.79 Å². The van der Waals surface area contributed by atoms with Crippen molar-refractivity contribution in [3.63, 3.8) is 0 Å². The third-order valence-electron chi connectivity index (χ3n) is 8.62. The summed E-state index contributed by atoms with van der Waals surface area (Å²) >= 11 is 0. The highest BCUT2D eigenvalue weighted by molar-refractivity contribution is 5.91. The number of allylic oxidation sites excluding steroid dienone is 1. The van der Waals surface area contributed by atoms with Crippen molar-refractivity contribution < 1.29 is 9.90 Å². The van der Waals surface area contributed by atoms with E-state index in [1.165, 1.54) is 37.7 Å². The van der Waals surface area contributed by atoms with Gasteiger partial charge in [-0.25, -0.2) is 0 Å². The SMILES string of the molecule is C[C@@H](O)[C@H]1CCC2C3CCC4=CC(=O)CC[C@]4(C)C3CC[C@@]21C. The van der Waals surface area contributed by atoms with E-state index in [1.54, 1.807) is 0 Å². The Morgan fingerprint density at radius 2 is 1.87 bits per heavy atom. The van der Waals surface area contributed by atoms with E-state index in [9.17, 15) is 9.90 Å². The fourth-order valence-electron chi connectivity index (χ4n) is 7.39. The predicted molar refractivity (Wildman–Crippen MR) is 91.9 cm³/mol. The molecule has 0 aromatic heterocycles. The first-order valence-electron chi connectivity index (χ1n) is 9.78. The molecular formula is C21H32O2. The fourth-order valence-corrected chi connectivity index (χ4v) is 7.39. The summed E-state index contributed by atoms with van der Waals surface area (Å²) in [5.41, 5.74) is 2.09. The van der Waals surface area contributed by atoms with Crippen LogP contribution in [0.5, 0.6) is 0 Å². The third-order valence-corrected chi connectivity index (χ3v) is 8.62. The molecule has 4 aliphatic carbocycles. The second-order valence-electron chi connectivity index (χ2n) is 9.44. The zero-order valence-electron chi connectivity index (χ0n) is 15.0. The molecule has 7 atom stereocenters. The maximum Gasteiger partial charge on any atom is 0.155 e. The molecule has 1 N–H and O–H groups in total. The molecule has 0 heterocycles. The summed E-state index contributed by atoms with van der Waals surface area (Å²) in [4.78, 5) is 11.9. The van der Waals surface area contributed by atoms with Gasteiger partial charge in [-0.1, -0.05) is 19.4 Å². The maximum atomic E-state index is 11.9. The molecule has 4 rings (SSSR count). The molecule has 3 saturated carbocycles. The monoisotopic (exact) mass is 316 g/mol. The van der Waals surface area contributed by atoms with Crippen LogP contribution in [-0.2, 0) is 4.79 Å². The zero-order valence-corrected chi connectivity index (χ0v) is 15.0. The first-order chi connectivity index (χ1) is 10.9. The van der Waals surface area contributed by atoms with Crippen molar-refractivity contribution in [3.8, 4) is 0 Å². The van der Waals surface area contributed by atoms with Gasteiger partial charge in [0, 0.05) is 6.42 Å². The van der Waals surface area contributed by atoms with Crippen LogP contribution in [0.1, 0.15) is 72.1 Å². The molecule has 128 valence electrons. The Bertz CT molecular complexity index is 548. The maximum absolute atomic E-state index is 11.9. The summed E-state index contributed by atoms with van der Waals surface area (Å²) in [6.45, 7) is 6.92. The summed E-state index contributed by atoms with van der Waals surface area (Å²) in [6, 6.07) is 0. The summed E-state index contributed by atoms with van der Waals surface area (Å²) in [5, 5.41) is 10.3. The molecule has 2 heteroatoms. The average Bonchev–Trinajstić information content (AvgIpc) is 2.85. The number of rotatable bonds is 1. The van der Waals surface area contributed by atoms with Crippen LogP contribution in [0.15, 0.2) is 11.6 Å². The highest BCUT2D eigenvalue weighted by Gasteiger charge is 2.59. The molecule has 3 unspecified atom stereocenters. The van der Waals surface area contributed by atoms with Crippen molar-refractivity contribution in [1.82, 2.24) is 0 Å². The number of ketones is 1. The van der Waals surface area contributed by atoms with Gasteiger partial charge in [0.1, 0.15) is 0 Å².